The van der Waals surface area contributed by atoms with Gasteiger partial charge in [0.1, 0.15) is 0 Å². The van der Waals surface area contributed by atoms with Crippen LogP contribution in [0.5, 0.6) is 0 Å². The number of hydrogen-bond donors (Lipinski definition) is 1. The van der Waals surface area contributed by atoms with Crippen molar-refractivity contribution < 1.29 is 0 Å². The molecule has 0 spiro atoms. The van der Waals surface area contributed by atoms with Crippen LogP contribution in [-0.2, 0) is 0 Å². The molecule has 2 N–H and O–H groups in total. The first-order valence-corrected chi connectivity index (χ1v) is 14.7. The van der Waals surface area contributed by atoms with Crippen molar-refractivity contribution in [2.24, 2.45) is 5.40 Å². The van der Waals surface area contributed by atoms with Gasteiger partial charge < -0.3 is 5.40 Å². The zero-order valence-corrected chi connectivity index (χ0v) is 12.9. The number of rotatable bonds is 3. The van der Waals surface area contributed by atoms with Gasteiger partial charge in [0.25, 0.3) is 0 Å². The predicted molar refractivity (Wildman–Crippen MR) is 62.9 cm³/mol. The van der Waals surface area contributed by atoms with Crippen LogP contribution in [0.3, 0.4) is 0 Å². The summed E-state index contributed by atoms with van der Waals surface area (Å²) in [5.74, 6) is 0. The molecule has 0 aliphatic rings. The SMILES string of the molecule is CCC(C)[Si](N)([SiH3])[Si](C)(C)C. The lowest BCUT2D eigenvalue weighted by Gasteiger charge is -2.39. The van der Waals surface area contributed by atoms with Crippen molar-refractivity contribution in [1.29, 1.82) is 0 Å². The summed E-state index contributed by atoms with van der Waals surface area (Å²) < 4.78 is 0. The highest BCUT2D eigenvalue weighted by atomic mass is 29.6. The summed E-state index contributed by atoms with van der Waals surface area (Å²) in [6, 6.07) is 0. The third kappa shape index (κ3) is 2.54. The molecule has 0 aromatic rings. The molecule has 0 saturated carbocycles. The standard InChI is InChI=1S/C7H23NSi3/c1-6-7(2)11(8,9)10(3,4)5/h7H,6,8H2,1-5,9H3. The molecule has 1 nitrogen and oxygen atoms in total. The van der Waals surface area contributed by atoms with Crippen molar-refractivity contribution >= 4 is 24.6 Å². The highest BCUT2D eigenvalue weighted by Gasteiger charge is 2.41. The zero-order chi connectivity index (χ0) is 9.28. The largest absolute Gasteiger partial charge is 0.355 e. The molecule has 0 fully saturated rings. The van der Waals surface area contributed by atoms with E-state index in [0.29, 0.717) is 0 Å². The fourth-order valence-electron chi connectivity index (χ4n) is 1.16. The second-order valence-electron chi connectivity index (χ2n) is 4.84. The third-order valence-electron chi connectivity index (χ3n) is 3.25. The minimum absolute atomic E-state index is 0.848. The van der Waals surface area contributed by atoms with Crippen LogP contribution in [-0.4, -0.2) is 24.6 Å². The van der Waals surface area contributed by atoms with E-state index in [4.69, 9.17) is 5.40 Å². The Morgan fingerprint density at radius 1 is 1.36 bits per heavy atom. The summed E-state index contributed by atoms with van der Waals surface area (Å²) in [5, 5.41) is 6.51. The Morgan fingerprint density at radius 3 is 1.82 bits per heavy atom. The van der Waals surface area contributed by atoms with Gasteiger partial charge in [-0.3, -0.25) is 0 Å². The molecule has 0 aromatic carbocycles. The first kappa shape index (κ1) is 11.6. The summed E-state index contributed by atoms with van der Waals surface area (Å²) >= 11 is 0. The summed E-state index contributed by atoms with van der Waals surface area (Å²) in [6.07, 6.45) is 1.29. The Kier molecular flexibility index (Phi) is 3.75. The van der Waals surface area contributed by atoms with Gasteiger partial charge in [0.2, 0.25) is 0 Å². The minimum atomic E-state index is -1.23. The van der Waals surface area contributed by atoms with Gasteiger partial charge in [-0.05, 0) is 5.54 Å². The van der Waals surface area contributed by atoms with Crippen molar-refractivity contribution in [3.63, 3.8) is 0 Å². The van der Waals surface area contributed by atoms with Gasteiger partial charge in [-0.25, -0.2) is 0 Å². The maximum absolute atomic E-state index is 6.51. The van der Waals surface area contributed by atoms with E-state index in [1.807, 2.05) is 0 Å². The van der Waals surface area contributed by atoms with Gasteiger partial charge >= 0.3 is 0 Å². The second-order valence-corrected chi connectivity index (χ2v) is 28.6. The first-order valence-electron chi connectivity index (χ1n) is 4.52. The van der Waals surface area contributed by atoms with Gasteiger partial charge in [0.15, 0.2) is 0 Å². The summed E-state index contributed by atoms with van der Waals surface area (Å²) in [7, 11) is -0.942. The molecule has 0 aliphatic carbocycles. The monoisotopic (exact) mass is 205 g/mol. The summed E-state index contributed by atoms with van der Waals surface area (Å²) in [6.45, 7) is 12.0. The predicted octanol–water partition coefficient (Wildman–Crippen LogP) is 0.969. The maximum Gasteiger partial charge on any atom is 0.0948 e. The highest BCUT2D eigenvalue weighted by Crippen LogP contribution is 2.25. The number of nitrogens with two attached hydrogens (primary N) is 1. The molecule has 0 saturated heterocycles. The Hall–Kier alpha value is 0.611. The van der Waals surface area contributed by atoms with Crippen LogP contribution in [0.15, 0.2) is 0 Å². The number of hydrogen-bond acceptors (Lipinski definition) is 1. The average Bonchev–Trinajstić information content (AvgIpc) is 1.83. The topological polar surface area (TPSA) is 26.0 Å². The first-order chi connectivity index (χ1) is 4.73. The van der Waals surface area contributed by atoms with E-state index in [9.17, 15) is 0 Å². The van der Waals surface area contributed by atoms with Crippen molar-refractivity contribution in [2.75, 3.05) is 0 Å². The fourth-order valence-corrected chi connectivity index (χ4v) is 9.76. The fraction of sp³-hybridized carbons (Fsp3) is 1.00. The van der Waals surface area contributed by atoms with Crippen molar-refractivity contribution in [3.8, 4) is 0 Å². The molecule has 2 atom stereocenters. The van der Waals surface area contributed by atoms with Gasteiger partial charge in [-0.1, -0.05) is 39.9 Å². The van der Waals surface area contributed by atoms with Crippen molar-refractivity contribution in [1.82, 2.24) is 0 Å². The Bertz CT molecular complexity index is 128. The van der Waals surface area contributed by atoms with Gasteiger partial charge in [0.05, 0.1) is 14.9 Å². The summed E-state index contributed by atoms with van der Waals surface area (Å²) in [4.78, 5) is 0. The van der Waals surface area contributed by atoms with Crippen LogP contribution < -0.4 is 5.40 Å². The molecular weight excluding hydrogens is 182 g/mol. The third-order valence-corrected chi connectivity index (χ3v) is 36.6. The molecule has 0 aliphatic heterocycles. The molecule has 11 heavy (non-hydrogen) atoms. The normalized spacial score (nSPS) is 21.3. The molecule has 68 valence electrons. The molecular formula is C7H23NSi3. The second kappa shape index (κ2) is 3.55. The van der Waals surface area contributed by atoms with E-state index in [2.05, 4.69) is 33.5 Å². The molecule has 0 rings (SSSR count). The van der Waals surface area contributed by atoms with Crippen molar-refractivity contribution in [2.45, 2.75) is 45.5 Å². The van der Waals surface area contributed by atoms with Crippen molar-refractivity contribution in [3.05, 3.63) is 0 Å². The molecule has 0 radical (unpaired) electrons. The van der Waals surface area contributed by atoms with Crippen LogP contribution in [0, 0.1) is 0 Å². The highest BCUT2D eigenvalue weighted by molar-refractivity contribution is 7.56. The minimum Gasteiger partial charge on any atom is -0.355 e. The quantitative estimate of drug-likeness (QED) is 0.683. The van der Waals surface area contributed by atoms with Gasteiger partial charge in [-0.15, -0.1) is 0 Å². The van der Waals surface area contributed by atoms with Crippen LogP contribution in [0.2, 0.25) is 25.2 Å². The van der Waals surface area contributed by atoms with E-state index in [1.165, 1.54) is 16.2 Å². The van der Waals surface area contributed by atoms with Crippen LogP contribution in [0.1, 0.15) is 20.3 Å². The molecule has 0 amide bonds. The lowest BCUT2D eigenvalue weighted by atomic mass is 10.4. The molecule has 0 aromatic heterocycles. The van der Waals surface area contributed by atoms with E-state index in [0.717, 1.165) is 5.54 Å². The smallest absolute Gasteiger partial charge is 0.0948 e. The van der Waals surface area contributed by atoms with E-state index < -0.39 is 14.9 Å². The lowest BCUT2D eigenvalue weighted by Crippen LogP contribution is -2.68. The van der Waals surface area contributed by atoms with Crippen LogP contribution in [0.25, 0.3) is 0 Å². The Balaban J connectivity index is 4.45. The van der Waals surface area contributed by atoms with E-state index in [1.54, 1.807) is 0 Å². The molecule has 0 bridgehead atoms. The van der Waals surface area contributed by atoms with Crippen LogP contribution in [0.4, 0.5) is 0 Å². The van der Waals surface area contributed by atoms with E-state index >= 15 is 0 Å². The molecule has 2 unspecified atom stereocenters. The lowest BCUT2D eigenvalue weighted by molar-refractivity contribution is 0.855. The van der Waals surface area contributed by atoms with Gasteiger partial charge in [-0.2, -0.15) is 0 Å². The Morgan fingerprint density at radius 2 is 1.73 bits per heavy atom. The zero-order valence-electron chi connectivity index (χ0n) is 8.86. The molecule has 4 heteroatoms. The maximum atomic E-state index is 6.51. The average molecular weight is 206 g/mol. The summed E-state index contributed by atoms with van der Waals surface area (Å²) in [5.41, 5.74) is 0.848. The Labute approximate surface area is 75.9 Å². The molecule has 0 heterocycles. The van der Waals surface area contributed by atoms with Gasteiger partial charge in [0, 0.05) is 9.76 Å². The van der Waals surface area contributed by atoms with Crippen LogP contribution >= 0.6 is 0 Å². The van der Waals surface area contributed by atoms with E-state index in [-0.39, 0.29) is 0 Å².